The van der Waals surface area contributed by atoms with Crippen molar-refractivity contribution < 1.29 is 9.50 Å². The molecule has 0 aliphatic carbocycles. The largest absolute Gasteiger partial charge is 0.396 e. The van der Waals surface area contributed by atoms with Gasteiger partial charge in [-0.05, 0) is 36.2 Å². The van der Waals surface area contributed by atoms with Gasteiger partial charge in [0.1, 0.15) is 11.6 Å². The molecule has 0 aliphatic heterocycles. The van der Waals surface area contributed by atoms with Crippen molar-refractivity contribution >= 4 is 23.4 Å². The molecule has 0 spiro atoms. The second kappa shape index (κ2) is 9.29. The summed E-state index contributed by atoms with van der Waals surface area (Å²) in [5.74, 6) is 0.510. The molecule has 10 heteroatoms. The molecule has 0 unspecified atom stereocenters. The second-order valence-electron chi connectivity index (χ2n) is 7.09. The number of halogens is 2. The van der Waals surface area contributed by atoms with Gasteiger partial charge in [-0.3, -0.25) is 9.48 Å². The molecule has 0 radical (unpaired) electrons. The van der Waals surface area contributed by atoms with Crippen LogP contribution in [0.2, 0.25) is 5.02 Å². The number of pyridine rings is 1. The van der Waals surface area contributed by atoms with Crippen molar-refractivity contribution in [3.05, 3.63) is 87.8 Å². The van der Waals surface area contributed by atoms with Crippen LogP contribution < -0.4 is 10.9 Å². The van der Waals surface area contributed by atoms with Gasteiger partial charge in [0.2, 0.25) is 5.95 Å². The van der Waals surface area contributed by atoms with Crippen LogP contribution in [0.1, 0.15) is 18.0 Å². The number of hydrogen-bond acceptors (Lipinski definition) is 6. The predicted molar refractivity (Wildman–Crippen MR) is 119 cm³/mol. The van der Waals surface area contributed by atoms with Crippen LogP contribution in [0, 0.1) is 5.82 Å². The molecule has 164 valence electrons. The van der Waals surface area contributed by atoms with Crippen molar-refractivity contribution in [1.82, 2.24) is 24.3 Å². The lowest BCUT2D eigenvalue weighted by molar-refractivity contribution is 0.266. The van der Waals surface area contributed by atoms with E-state index in [2.05, 4.69) is 20.4 Å². The standard InChI is InChI=1S/C22H20ClFN6O2/c1-29-20(5-9-26-29)28-22-25-8-4-18(27-22)14-6-10-30(21(32)13-14)19(7-11-31)15-2-3-16(23)17(24)12-15/h2-6,8-10,12-13,19,31H,7,11H2,1H3,(H,25,27,28)/t19-/m1/s1. The van der Waals surface area contributed by atoms with Crippen molar-refractivity contribution in [3.63, 3.8) is 0 Å². The summed E-state index contributed by atoms with van der Waals surface area (Å²) < 4.78 is 17.1. The van der Waals surface area contributed by atoms with E-state index in [1.165, 1.54) is 22.8 Å². The Morgan fingerprint density at radius 3 is 2.72 bits per heavy atom. The molecular weight excluding hydrogens is 435 g/mol. The fourth-order valence-corrected chi connectivity index (χ4v) is 3.52. The van der Waals surface area contributed by atoms with E-state index in [0.717, 1.165) is 5.82 Å². The third-order valence-electron chi connectivity index (χ3n) is 5.03. The normalized spacial score (nSPS) is 12.0. The SMILES string of the molecule is Cn1nccc1Nc1nccc(-c2ccn([C@H](CCO)c3ccc(Cl)c(F)c3)c(=O)c2)n1. The fourth-order valence-electron chi connectivity index (χ4n) is 3.41. The molecule has 1 atom stereocenters. The third-order valence-corrected chi connectivity index (χ3v) is 5.33. The topological polar surface area (TPSA) is 97.9 Å². The van der Waals surface area contributed by atoms with Crippen LogP contribution in [0.15, 0.2) is 65.8 Å². The first kappa shape index (κ1) is 21.7. The van der Waals surface area contributed by atoms with Crippen LogP contribution >= 0.6 is 11.6 Å². The molecule has 3 aromatic heterocycles. The summed E-state index contributed by atoms with van der Waals surface area (Å²) in [5.41, 5.74) is 1.40. The van der Waals surface area contributed by atoms with Gasteiger partial charge >= 0.3 is 0 Å². The number of aromatic nitrogens is 5. The molecule has 0 saturated heterocycles. The molecule has 2 N–H and O–H groups in total. The maximum atomic E-state index is 14.0. The Hall–Kier alpha value is -3.56. The smallest absolute Gasteiger partial charge is 0.251 e. The average Bonchev–Trinajstić information content (AvgIpc) is 3.19. The van der Waals surface area contributed by atoms with Crippen LogP contribution in [-0.2, 0) is 7.05 Å². The highest BCUT2D eigenvalue weighted by Gasteiger charge is 2.17. The minimum atomic E-state index is -0.578. The number of aliphatic hydroxyl groups excluding tert-OH is 1. The maximum Gasteiger partial charge on any atom is 0.251 e. The van der Waals surface area contributed by atoms with E-state index in [0.29, 0.717) is 22.8 Å². The highest BCUT2D eigenvalue weighted by atomic mass is 35.5. The molecule has 3 heterocycles. The zero-order chi connectivity index (χ0) is 22.7. The summed E-state index contributed by atoms with van der Waals surface area (Å²) in [4.78, 5) is 21.6. The van der Waals surface area contributed by atoms with Gasteiger partial charge in [0, 0.05) is 43.7 Å². The van der Waals surface area contributed by atoms with Gasteiger partial charge in [0.25, 0.3) is 5.56 Å². The van der Waals surface area contributed by atoms with Gasteiger partial charge in [-0.1, -0.05) is 17.7 Å². The summed E-state index contributed by atoms with van der Waals surface area (Å²) in [7, 11) is 1.79. The number of nitrogens with zero attached hydrogens (tertiary/aromatic N) is 5. The van der Waals surface area contributed by atoms with Crippen molar-refractivity contribution in [3.8, 4) is 11.3 Å². The van der Waals surface area contributed by atoms with Crippen LogP contribution in [0.25, 0.3) is 11.3 Å². The third kappa shape index (κ3) is 4.53. The van der Waals surface area contributed by atoms with E-state index in [9.17, 15) is 14.3 Å². The van der Waals surface area contributed by atoms with E-state index < -0.39 is 11.9 Å². The number of hydrogen-bond donors (Lipinski definition) is 2. The number of aryl methyl sites for hydroxylation is 1. The molecule has 4 aromatic rings. The summed E-state index contributed by atoms with van der Waals surface area (Å²) in [6.45, 7) is -0.169. The van der Waals surface area contributed by atoms with Crippen molar-refractivity contribution in [1.29, 1.82) is 0 Å². The molecule has 0 fully saturated rings. The minimum Gasteiger partial charge on any atom is -0.396 e. The highest BCUT2D eigenvalue weighted by molar-refractivity contribution is 6.30. The lowest BCUT2D eigenvalue weighted by atomic mass is 10.0. The minimum absolute atomic E-state index is 0.00140. The molecule has 0 saturated carbocycles. The van der Waals surface area contributed by atoms with Gasteiger partial charge < -0.3 is 15.0 Å². The molecule has 8 nitrogen and oxygen atoms in total. The van der Waals surface area contributed by atoms with Crippen molar-refractivity contribution in [2.45, 2.75) is 12.5 Å². The first-order valence-electron chi connectivity index (χ1n) is 9.82. The molecule has 1 aromatic carbocycles. The summed E-state index contributed by atoms with van der Waals surface area (Å²) in [6.07, 6.45) is 5.10. The zero-order valence-electron chi connectivity index (χ0n) is 17.1. The number of rotatable bonds is 7. The Morgan fingerprint density at radius 1 is 1.19 bits per heavy atom. The number of benzene rings is 1. The molecule has 0 aliphatic rings. The Kier molecular flexibility index (Phi) is 6.29. The number of anilines is 2. The van der Waals surface area contributed by atoms with E-state index in [-0.39, 0.29) is 23.6 Å². The van der Waals surface area contributed by atoms with E-state index in [1.807, 2.05) is 0 Å². The Morgan fingerprint density at radius 2 is 2.03 bits per heavy atom. The first-order valence-corrected chi connectivity index (χ1v) is 10.2. The molecule has 4 rings (SSSR count). The monoisotopic (exact) mass is 454 g/mol. The van der Waals surface area contributed by atoms with Gasteiger partial charge in [-0.15, -0.1) is 0 Å². The number of nitrogens with one attached hydrogen (secondary N) is 1. The molecule has 0 amide bonds. The van der Waals surface area contributed by atoms with E-state index >= 15 is 0 Å². The molecule has 32 heavy (non-hydrogen) atoms. The predicted octanol–water partition coefficient (Wildman–Crippen LogP) is 3.55. The zero-order valence-corrected chi connectivity index (χ0v) is 17.9. The van der Waals surface area contributed by atoms with Crippen LogP contribution in [-0.4, -0.2) is 36.0 Å². The Labute approximate surface area is 188 Å². The van der Waals surface area contributed by atoms with Gasteiger partial charge in [0.05, 0.1) is 23.0 Å². The Bertz CT molecular complexity index is 1310. The van der Waals surface area contributed by atoms with Crippen molar-refractivity contribution in [2.75, 3.05) is 11.9 Å². The van der Waals surface area contributed by atoms with Gasteiger partial charge in [0.15, 0.2) is 0 Å². The van der Waals surface area contributed by atoms with Crippen LogP contribution in [0.3, 0.4) is 0 Å². The summed E-state index contributed by atoms with van der Waals surface area (Å²) in [6, 6.07) is 10.5. The van der Waals surface area contributed by atoms with Gasteiger partial charge in [-0.2, -0.15) is 5.10 Å². The lowest BCUT2D eigenvalue weighted by Crippen LogP contribution is -2.25. The fraction of sp³-hybridized carbons (Fsp3) is 0.182. The van der Waals surface area contributed by atoms with E-state index in [4.69, 9.17) is 11.6 Å². The van der Waals surface area contributed by atoms with Crippen molar-refractivity contribution in [2.24, 2.45) is 7.05 Å². The second-order valence-corrected chi connectivity index (χ2v) is 7.50. The first-order chi connectivity index (χ1) is 15.5. The maximum absolute atomic E-state index is 14.0. The summed E-state index contributed by atoms with van der Waals surface area (Å²) >= 11 is 5.78. The molecular formula is C22H20ClFN6O2. The highest BCUT2D eigenvalue weighted by Crippen LogP contribution is 2.26. The van der Waals surface area contributed by atoms with Crippen LogP contribution in [0.4, 0.5) is 16.2 Å². The van der Waals surface area contributed by atoms with Crippen LogP contribution in [0.5, 0.6) is 0 Å². The average molecular weight is 455 g/mol. The Balaban J connectivity index is 1.65. The quantitative estimate of drug-likeness (QED) is 0.443. The number of aliphatic hydroxyl groups is 1. The van der Waals surface area contributed by atoms with Gasteiger partial charge in [-0.25, -0.2) is 14.4 Å². The lowest BCUT2D eigenvalue weighted by Gasteiger charge is -2.20. The molecule has 0 bridgehead atoms. The van der Waals surface area contributed by atoms with E-state index in [1.54, 1.807) is 54.6 Å². The summed E-state index contributed by atoms with van der Waals surface area (Å²) in [5, 5.41) is 16.7.